The van der Waals surface area contributed by atoms with Gasteiger partial charge in [-0.25, -0.2) is 0 Å². The molecule has 2 nitrogen and oxygen atoms in total. The molecule has 0 heterocycles. The number of para-hydroxylation sites is 2. The van der Waals surface area contributed by atoms with Gasteiger partial charge in [0.1, 0.15) is 0 Å². The molecule has 0 aliphatic heterocycles. The minimum atomic E-state index is -0.799. The SMILES string of the molecule is CC1(C)c2ccccc2-c2cc(N(c3ccccc3)c3cc4c(cc3-c3ccccc3)-c3ccccc3C4(c3ccc(-c4ccccc4)cc3)c3ccc(-c4ccccc4)c(N(c4ccccc4)c4ccc(C5CC6CCC5C6)cc4)c3)ccc21. The molecule has 2 fully saturated rings. The topological polar surface area (TPSA) is 6.48 Å². The van der Waals surface area contributed by atoms with Crippen LogP contribution in [0, 0.1) is 11.8 Å². The van der Waals surface area contributed by atoms with Crippen LogP contribution < -0.4 is 9.80 Å². The Labute approximate surface area is 501 Å². The number of benzene rings is 12. The van der Waals surface area contributed by atoms with E-state index in [1.54, 1.807) is 0 Å². The Bertz CT molecular complexity index is 4440. The molecule has 2 heteroatoms. The van der Waals surface area contributed by atoms with Crippen LogP contribution in [-0.4, -0.2) is 0 Å². The summed E-state index contributed by atoms with van der Waals surface area (Å²) < 4.78 is 0. The highest BCUT2D eigenvalue weighted by Gasteiger charge is 2.48. The number of rotatable bonds is 12. The fourth-order valence-corrected chi connectivity index (χ4v) is 15.9. The van der Waals surface area contributed by atoms with Gasteiger partial charge in [0, 0.05) is 39.3 Å². The van der Waals surface area contributed by atoms with Gasteiger partial charge in [-0.3, -0.25) is 0 Å². The monoisotopic (exact) mass is 1090 g/mol. The lowest BCUT2D eigenvalue weighted by atomic mass is 9.67. The van der Waals surface area contributed by atoms with Crippen LogP contribution in [0.25, 0.3) is 55.6 Å². The van der Waals surface area contributed by atoms with Gasteiger partial charge in [0.15, 0.2) is 0 Å². The molecule has 12 aromatic rings. The second-order valence-corrected chi connectivity index (χ2v) is 24.7. The van der Waals surface area contributed by atoms with E-state index in [-0.39, 0.29) is 5.41 Å². The Morgan fingerprint density at radius 2 is 0.788 bits per heavy atom. The molecular formula is C83H66N2. The lowest BCUT2D eigenvalue weighted by Gasteiger charge is -2.37. The lowest BCUT2D eigenvalue weighted by Crippen LogP contribution is -2.29. The predicted octanol–water partition coefficient (Wildman–Crippen LogP) is 22.2. The summed E-state index contributed by atoms with van der Waals surface area (Å²) in [5, 5.41) is 0. The zero-order valence-corrected chi connectivity index (χ0v) is 48.2. The first-order valence-electron chi connectivity index (χ1n) is 30.6. The molecule has 4 atom stereocenters. The Balaban J connectivity index is 0.983. The maximum Gasteiger partial charge on any atom is 0.0715 e. The van der Waals surface area contributed by atoms with Crippen LogP contribution in [-0.2, 0) is 10.8 Å². The van der Waals surface area contributed by atoms with Crippen LogP contribution in [0.4, 0.5) is 34.1 Å². The summed E-state index contributed by atoms with van der Waals surface area (Å²) in [5.74, 6) is 2.33. The number of anilines is 6. The summed E-state index contributed by atoms with van der Waals surface area (Å²) in [6.07, 6.45) is 5.47. The van der Waals surface area contributed by atoms with E-state index in [9.17, 15) is 0 Å². The summed E-state index contributed by atoms with van der Waals surface area (Å²) >= 11 is 0. The molecule has 85 heavy (non-hydrogen) atoms. The van der Waals surface area contributed by atoms with Crippen molar-refractivity contribution in [1.29, 1.82) is 0 Å². The van der Waals surface area contributed by atoms with Gasteiger partial charge in [0.2, 0.25) is 0 Å². The number of hydrogen-bond acceptors (Lipinski definition) is 2. The summed E-state index contributed by atoms with van der Waals surface area (Å²) in [6.45, 7) is 4.74. The highest BCUT2D eigenvalue weighted by Crippen LogP contribution is 2.61. The van der Waals surface area contributed by atoms with Crippen LogP contribution in [0.2, 0.25) is 0 Å². The second-order valence-electron chi connectivity index (χ2n) is 24.7. The molecule has 12 aromatic carbocycles. The van der Waals surface area contributed by atoms with Crippen molar-refractivity contribution in [2.24, 2.45) is 11.8 Å². The molecular weight excluding hydrogens is 1020 g/mol. The van der Waals surface area contributed by atoms with Crippen molar-refractivity contribution in [2.75, 3.05) is 9.80 Å². The molecule has 408 valence electrons. The minimum Gasteiger partial charge on any atom is -0.310 e. The maximum absolute atomic E-state index is 2.58. The van der Waals surface area contributed by atoms with Crippen molar-refractivity contribution < 1.29 is 0 Å². The third kappa shape index (κ3) is 8.36. The predicted molar refractivity (Wildman–Crippen MR) is 355 cm³/mol. The standard InChI is InChI=1S/C83H66N2/c1-82(2)76-34-20-18-32-70(76)74-53-68(47-49-77(74)82)85(66-30-16-7-17-31-66)81-55-79-75(54-73(81)60-26-12-5-13-27-60)71-33-19-21-35-78(71)83(79,63-42-38-58(39-43-63)57-22-8-3-9-23-57)64-44-48-69(59-24-10-4-11-25-59)80(52-64)84(65-28-14-6-15-29-65)67-45-40-61(41-46-67)72-51-56-36-37-62(72)50-56/h3-35,38-49,52-56,62,72H,36-37,50-51H2,1-2H3. The van der Waals surface area contributed by atoms with E-state index in [0.717, 1.165) is 51.5 Å². The molecule has 0 aromatic heterocycles. The Morgan fingerprint density at radius 1 is 0.306 bits per heavy atom. The van der Waals surface area contributed by atoms with Gasteiger partial charge in [0.25, 0.3) is 0 Å². The first-order valence-corrected chi connectivity index (χ1v) is 30.6. The van der Waals surface area contributed by atoms with Gasteiger partial charge in [-0.05, 0) is 187 Å². The third-order valence-corrected chi connectivity index (χ3v) is 19.8. The van der Waals surface area contributed by atoms with E-state index in [1.165, 1.54) is 115 Å². The van der Waals surface area contributed by atoms with Gasteiger partial charge in [0.05, 0.1) is 16.8 Å². The largest absolute Gasteiger partial charge is 0.310 e. The fraction of sp³-hybridized carbons (Fsp3) is 0.133. The van der Waals surface area contributed by atoms with Crippen molar-refractivity contribution >= 4 is 34.1 Å². The smallest absolute Gasteiger partial charge is 0.0715 e. The van der Waals surface area contributed by atoms with Gasteiger partial charge >= 0.3 is 0 Å². The zero-order valence-electron chi connectivity index (χ0n) is 48.2. The van der Waals surface area contributed by atoms with E-state index >= 15 is 0 Å². The second kappa shape index (κ2) is 20.5. The average Bonchev–Trinajstić information content (AvgIpc) is 1.70. The molecule has 4 aliphatic carbocycles. The quantitative estimate of drug-likeness (QED) is 0.120. The molecule has 2 bridgehead atoms. The molecule has 4 aliphatic rings. The Hall–Kier alpha value is -9.76. The van der Waals surface area contributed by atoms with E-state index < -0.39 is 5.41 Å². The van der Waals surface area contributed by atoms with Crippen molar-refractivity contribution in [3.05, 3.63) is 336 Å². The molecule has 0 amide bonds. The van der Waals surface area contributed by atoms with Crippen LogP contribution in [0.3, 0.4) is 0 Å². The normalized spacial score (nSPS) is 18.3. The van der Waals surface area contributed by atoms with E-state index in [1.807, 2.05) is 0 Å². The van der Waals surface area contributed by atoms with Gasteiger partial charge in [-0.1, -0.05) is 251 Å². The van der Waals surface area contributed by atoms with E-state index in [4.69, 9.17) is 0 Å². The lowest BCUT2D eigenvalue weighted by molar-refractivity contribution is 0.420. The first kappa shape index (κ1) is 50.9. The molecule has 0 N–H and O–H groups in total. The Morgan fingerprint density at radius 3 is 1.41 bits per heavy atom. The average molecular weight is 1090 g/mol. The molecule has 0 radical (unpaired) electrons. The Kier molecular flexibility index (Phi) is 12.3. The van der Waals surface area contributed by atoms with E-state index in [2.05, 4.69) is 321 Å². The molecule has 0 saturated heterocycles. The molecule has 2 saturated carbocycles. The van der Waals surface area contributed by atoms with Crippen LogP contribution in [0.1, 0.15) is 84.4 Å². The van der Waals surface area contributed by atoms with Gasteiger partial charge in [-0.15, -0.1) is 0 Å². The first-order chi connectivity index (χ1) is 41.9. The van der Waals surface area contributed by atoms with Crippen molar-refractivity contribution in [2.45, 2.75) is 56.3 Å². The van der Waals surface area contributed by atoms with Crippen LogP contribution in [0.5, 0.6) is 0 Å². The summed E-state index contributed by atoms with van der Waals surface area (Å²) in [4.78, 5) is 5.06. The maximum atomic E-state index is 2.58. The summed E-state index contributed by atoms with van der Waals surface area (Å²) in [7, 11) is 0. The molecule has 0 spiro atoms. The fourth-order valence-electron chi connectivity index (χ4n) is 15.9. The van der Waals surface area contributed by atoms with Crippen LogP contribution in [0.15, 0.2) is 297 Å². The summed E-state index contributed by atoms with van der Waals surface area (Å²) in [6, 6.07) is 112. The highest BCUT2D eigenvalue weighted by atomic mass is 15.2. The zero-order chi connectivity index (χ0) is 56.6. The van der Waals surface area contributed by atoms with Crippen molar-refractivity contribution in [1.82, 2.24) is 0 Å². The number of hydrogen-bond donors (Lipinski definition) is 0. The summed E-state index contributed by atoms with van der Waals surface area (Å²) in [5.41, 5.74) is 27.0. The van der Waals surface area contributed by atoms with Gasteiger partial charge < -0.3 is 9.80 Å². The third-order valence-electron chi connectivity index (χ3n) is 19.8. The van der Waals surface area contributed by atoms with E-state index in [0.29, 0.717) is 5.92 Å². The number of nitrogens with zero attached hydrogens (tertiary/aromatic N) is 2. The molecule has 16 rings (SSSR count). The highest BCUT2D eigenvalue weighted by molar-refractivity contribution is 5.99. The van der Waals surface area contributed by atoms with Crippen LogP contribution >= 0.6 is 0 Å². The molecule has 4 unspecified atom stereocenters. The van der Waals surface area contributed by atoms with Crippen molar-refractivity contribution in [3.8, 4) is 55.6 Å². The minimum absolute atomic E-state index is 0.129. The van der Waals surface area contributed by atoms with Gasteiger partial charge in [-0.2, -0.15) is 0 Å². The van der Waals surface area contributed by atoms with Crippen molar-refractivity contribution in [3.63, 3.8) is 0 Å². The number of fused-ring (bicyclic) bond motifs is 8.